The minimum atomic E-state index is -0.579. The predicted molar refractivity (Wildman–Crippen MR) is 157 cm³/mol. The fourth-order valence-corrected chi connectivity index (χ4v) is 5.20. The maximum absolute atomic E-state index is 12.7. The van der Waals surface area contributed by atoms with Crippen LogP contribution in [0, 0.1) is 5.41 Å². The number of anilines is 2. The van der Waals surface area contributed by atoms with Gasteiger partial charge in [-0.15, -0.1) is 0 Å². The highest BCUT2D eigenvalue weighted by Gasteiger charge is 2.30. The van der Waals surface area contributed by atoms with E-state index >= 15 is 0 Å². The number of piperazine rings is 1. The number of aryl methyl sites for hydroxylation is 1. The summed E-state index contributed by atoms with van der Waals surface area (Å²) in [5, 5.41) is 1.22. The van der Waals surface area contributed by atoms with Crippen molar-refractivity contribution < 1.29 is 19.1 Å². The number of hydrogen-bond acceptors (Lipinski definition) is 6. The van der Waals surface area contributed by atoms with Crippen molar-refractivity contribution in [1.29, 1.82) is 0 Å². The summed E-state index contributed by atoms with van der Waals surface area (Å²) in [7, 11) is 0. The van der Waals surface area contributed by atoms with E-state index in [1.165, 1.54) is 0 Å². The van der Waals surface area contributed by atoms with Gasteiger partial charge in [-0.25, -0.2) is 0 Å². The Labute approximate surface area is 241 Å². The first-order valence-electron chi connectivity index (χ1n) is 13.8. The largest absolute Gasteiger partial charge is 0.494 e. The van der Waals surface area contributed by atoms with E-state index in [0.717, 1.165) is 68.3 Å². The number of amides is 1. The molecule has 4 rings (SSSR count). The van der Waals surface area contributed by atoms with Crippen LogP contribution >= 0.6 is 23.2 Å². The second kappa shape index (κ2) is 13.2. The molecular weight excluding hydrogens is 537 g/mol. The highest BCUT2D eigenvalue weighted by Crippen LogP contribution is 2.34. The molecule has 2 aliphatic heterocycles. The van der Waals surface area contributed by atoms with Crippen LogP contribution in [0.15, 0.2) is 36.4 Å². The van der Waals surface area contributed by atoms with Crippen molar-refractivity contribution in [1.82, 2.24) is 4.90 Å². The summed E-state index contributed by atoms with van der Waals surface area (Å²) in [4.78, 5) is 31.4. The number of benzene rings is 2. The number of ether oxygens (including phenoxy) is 2. The molecule has 212 valence electrons. The van der Waals surface area contributed by atoms with E-state index in [0.29, 0.717) is 35.9 Å². The molecule has 2 aromatic rings. The van der Waals surface area contributed by atoms with Crippen molar-refractivity contribution in [3.05, 3.63) is 52.0 Å². The summed E-state index contributed by atoms with van der Waals surface area (Å²) in [5.74, 6) is 0.382. The van der Waals surface area contributed by atoms with E-state index in [1.54, 1.807) is 4.90 Å². The van der Waals surface area contributed by atoms with Gasteiger partial charge in [0, 0.05) is 38.7 Å². The van der Waals surface area contributed by atoms with Gasteiger partial charge in [0.1, 0.15) is 5.75 Å². The van der Waals surface area contributed by atoms with Crippen LogP contribution < -0.4 is 14.5 Å². The Kier molecular flexibility index (Phi) is 10.0. The van der Waals surface area contributed by atoms with Gasteiger partial charge >= 0.3 is 5.97 Å². The third-order valence-corrected chi connectivity index (χ3v) is 8.61. The van der Waals surface area contributed by atoms with E-state index in [9.17, 15) is 9.59 Å². The smallest absolute Gasteiger partial charge is 0.313 e. The van der Waals surface area contributed by atoms with Gasteiger partial charge in [0.25, 0.3) is 0 Å². The van der Waals surface area contributed by atoms with E-state index < -0.39 is 5.41 Å². The molecule has 1 saturated heterocycles. The zero-order valence-corrected chi connectivity index (χ0v) is 24.7. The molecule has 1 amide bonds. The molecule has 0 bridgehead atoms. The number of carbonyl (C=O) groups excluding carboxylic acids is 2. The summed E-state index contributed by atoms with van der Waals surface area (Å²) < 4.78 is 11.6. The summed E-state index contributed by atoms with van der Waals surface area (Å²) in [6.45, 7) is 11.0. The first kappa shape index (κ1) is 29.5. The lowest BCUT2D eigenvalue weighted by Gasteiger charge is -2.36. The highest BCUT2D eigenvalue weighted by molar-refractivity contribution is 6.43. The van der Waals surface area contributed by atoms with Crippen molar-refractivity contribution in [3.63, 3.8) is 0 Å². The van der Waals surface area contributed by atoms with Gasteiger partial charge in [-0.1, -0.05) is 42.3 Å². The summed E-state index contributed by atoms with van der Waals surface area (Å²) in [6.07, 6.45) is 3.72. The van der Waals surface area contributed by atoms with Crippen molar-refractivity contribution in [2.75, 3.05) is 55.9 Å². The Bertz CT molecular complexity index is 1160. The summed E-state index contributed by atoms with van der Waals surface area (Å²) in [6, 6.07) is 11.6. The first-order chi connectivity index (χ1) is 18.7. The molecule has 0 atom stereocenters. The van der Waals surface area contributed by atoms with Crippen molar-refractivity contribution in [2.45, 2.75) is 52.9 Å². The lowest BCUT2D eigenvalue weighted by Crippen LogP contribution is -2.46. The maximum atomic E-state index is 12.7. The number of rotatable bonds is 11. The lowest BCUT2D eigenvalue weighted by atomic mass is 9.91. The Morgan fingerprint density at radius 1 is 1.00 bits per heavy atom. The standard InChI is InChI=1S/C30H39Cl2N3O4/c1-4-30(2,3)29(37)39-21-35-26-20-23(12-10-22(26)11-13-27(35)36)38-19-6-5-14-33-15-17-34(18-16-33)25-9-7-8-24(31)28(25)32/h7-10,12,20H,4-6,11,13-19,21H2,1-3H3. The van der Waals surface area contributed by atoms with Crippen LogP contribution in [0.2, 0.25) is 10.0 Å². The minimum absolute atomic E-state index is 0.0421. The molecule has 2 aliphatic rings. The lowest BCUT2D eigenvalue weighted by molar-refractivity contribution is -0.154. The Balaban J connectivity index is 1.22. The average Bonchev–Trinajstić information content (AvgIpc) is 2.94. The van der Waals surface area contributed by atoms with Crippen LogP contribution in [0.5, 0.6) is 5.75 Å². The highest BCUT2D eigenvalue weighted by atomic mass is 35.5. The van der Waals surface area contributed by atoms with E-state index in [-0.39, 0.29) is 18.6 Å². The molecule has 0 unspecified atom stereocenters. The molecule has 1 fully saturated rings. The van der Waals surface area contributed by atoms with Gasteiger partial charge in [-0.05, 0) is 69.8 Å². The molecule has 0 spiro atoms. The second-order valence-corrected chi connectivity index (χ2v) is 11.7. The molecule has 39 heavy (non-hydrogen) atoms. The van der Waals surface area contributed by atoms with Crippen LogP contribution in [0.25, 0.3) is 0 Å². The van der Waals surface area contributed by atoms with E-state index in [4.69, 9.17) is 32.7 Å². The number of nitrogens with zero attached hydrogens (tertiary/aromatic N) is 3. The number of esters is 1. The van der Waals surface area contributed by atoms with Gasteiger partial charge in [0.15, 0.2) is 6.73 Å². The molecule has 7 nitrogen and oxygen atoms in total. The van der Waals surface area contributed by atoms with Gasteiger partial charge in [0.2, 0.25) is 5.91 Å². The maximum Gasteiger partial charge on any atom is 0.313 e. The van der Waals surface area contributed by atoms with Crippen LogP contribution in [-0.2, 0) is 20.7 Å². The van der Waals surface area contributed by atoms with E-state index in [1.807, 2.05) is 57.2 Å². The number of hydrogen-bond donors (Lipinski definition) is 0. The fourth-order valence-electron chi connectivity index (χ4n) is 4.79. The third kappa shape index (κ3) is 7.38. The zero-order chi connectivity index (χ0) is 28.0. The van der Waals surface area contributed by atoms with Crippen LogP contribution in [0.1, 0.15) is 52.0 Å². The summed E-state index contributed by atoms with van der Waals surface area (Å²) in [5.41, 5.74) is 2.25. The number of carbonyl (C=O) groups is 2. The topological polar surface area (TPSA) is 62.3 Å². The van der Waals surface area contributed by atoms with Crippen molar-refractivity contribution in [3.8, 4) is 5.75 Å². The quantitative estimate of drug-likeness (QED) is 0.235. The third-order valence-electron chi connectivity index (χ3n) is 7.80. The van der Waals surface area contributed by atoms with Crippen molar-refractivity contribution >= 4 is 46.5 Å². The average molecular weight is 577 g/mol. The van der Waals surface area contributed by atoms with Gasteiger partial charge in [-0.3, -0.25) is 19.4 Å². The Morgan fingerprint density at radius 2 is 1.77 bits per heavy atom. The molecule has 9 heteroatoms. The fraction of sp³-hybridized carbons (Fsp3) is 0.533. The number of fused-ring (bicyclic) bond motifs is 1. The Hall–Kier alpha value is -2.48. The monoisotopic (exact) mass is 575 g/mol. The predicted octanol–water partition coefficient (Wildman–Crippen LogP) is 6.19. The minimum Gasteiger partial charge on any atom is -0.494 e. The molecule has 2 aromatic carbocycles. The number of halogens is 2. The number of unbranched alkanes of at least 4 members (excludes halogenated alkanes) is 1. The first-order valence-corrected chi connectivity index (χ1v) is 14.6. The van der Waals surface area contributed by atoms with Crippen molar-refractivity contribution in [2.24, 2.45) is 5.41 Å². The van der Waals surface area contributed by atoms with Crippen LogP contribution in [0.4, 0.5) is 11.4 Å². The van der Waals surface area contributed by atoms with Gasteiger partial charge < -0.3 is 14.4 Å². The van der Waals surface area contributed by atoms with Gasteiger partial charge in [-0.2, -0.15) is 0 Å². The molecule has 0 radical (unpaired) electrons. The van der Waals surface area contributed by atoms with Gasteiger partial charge in [0.05, 0.1) is 33.4 Å². The molecule has 0 aromatic heterocycles. The zero-order valence-electron chi connectivity index (χ0n) is 23.2. The Morgan fingerprint density at radius 3 is 2.51 bits per heavy atom. The SMILES string of the molecule is CCC(C)(C)C(=O)OCN1C(=O)CCc2ccc(OCCCCN3CCN(c4cccc(Cl)c4Cl)CC3)cc21. The molecular formula is C30H39Cl2N3O4. The van der Waals surface area contributed by atoms with Crippen LogP contribution in [-0.4, -0.2) is 62.8 Å². The van der Waals surface area contributed by atoms with Crippen LogP contribution in [0.3, 0.4) is 0 Å². The molecule has 2 heterocycles. The van der Waals surface area contributed by atoms with E-state index in [2.05, 4.69) is 9.80 Å². The summed E-state index contributed by atoms with van der Waals surface area (Å²) >= 11 is 12.6. The molecule has 0 saturated carbocycles. The molecule has 0 N–H and O–H groups in total. The molecule has 0 aliphatic carbocycles. The normalized spacial score (nSPS) is 16.3. The second-order valence-electron chi connectivity index (χ2n) is 10.9.